The smallest absolute Gasteiger partial charge is 0.254 e. The minimum atomic E-state index is -0.313. The van der Waals surface area contributed by atoms with Gasteiger partial charge in [-0.05, 0) is 30.9 Å². The van der Waals surface area contributed by atoms with Crippen molar-refractivity contribution in [1.82, 2.24) is 25.1 Å². The maximum atomic E-state index is 12.5. The second-order valence-electron chi connectivity index (χ2n) is 7.72. The van der Waals surface area contributed by atoms with Gasteiger partial charge in [-0.3, -0.25) is 4.79 Å². The Hall–Kier alpha value is -3.54. The van der Waals surface area contributed by atoms with Gasteiger partial charge in [-0.2, -0.15) is 0 Å². The Labute approximate surface area is 200 Å². The molecule has 5 N–H and O–H groups in total. The van der Waals surface area contributed by atoms with Crippen molar-refractivity contribution in [2.75, 3.05) is 25.5 Å². The third kappa shape index (κ3) is 4.58. The number of fused-ring (bicyclic) bond motifs is 1. The molecule has 11 heteroatoms. The Bertz CT molecular complexity index is 1330. The molecule has 0 spiro atoms. The highest BCUT2D eigenvalue weighted by Crippen LogP contribution is 2.34. The van der Waals surface area contributed by atoms with Gasteiger partial charge in [0.2, 0.25) is 0 Å². The first-order valence-electron chi connectivity index (χ1n) is 10.7. The number of aromatic nitrogens is 4. The predicted molar refractivity (Wildman–Crippen MR) is 130 cm³/mol. The quantitative estimate of drug-likeness (QED) is 0.283. The van der Waals surface area contributed by atoms with Gasteiger partial charge in [-0.15, -0.1) is 21.5 Å². The monoisotopic (exact) mass is 482 g/mol. The lowest BCUT2D eigenvalue weighted by atomic mass is 10.1. The second kappa shape index (κ2) is 10.2. The van der Waals surface area contributed by atoms with Gasteiger partial charge in [0, 0.05) is 35.8 Å². The number of ether oxygens (including phenoxy) is 1. The molecule has 1 aromatic carbocycles. The molecular weight excluding hydrogens is 456 g/mol. The normalized spacial score (nSPS) is 11.2. The number of benzene rings is 1. The number of nitrogen functional groups attached to an aromatic ring is 1. The Morgan fingerprint density at radius 2 is 2.06 bits per heavy atom. The third-order valence-corrected chi connectivity index (χ3v) is 6.49. The van der Waals surface area contributed by atoms with Crippen LogP contribution in [0.15, 0.2) is 29.8 Å². The average Bonchev–Trinajstić information content (AvgIpc) is 3.42. The van der Waals surface area contributed by atoms with Crippen LogP contribution in [-0.2, 0) is 13.2 Å². The highest BCUT2D eigenvalue weighted by Gasteiger charge is 2.18. The molecular formula is C23H26N6O4S. The number of anilines is 1. The molecule has 0 aliphatic carbocycles. The molecule has 0 radical (unpaired) electrons. The number of amides is 1. The van der Waals surface area contributed by atoms with Crippen molar-refractivity contribution in [1.29, 1.82) is 0 Å². The first-order valence-corrected chi connectivity index (χ1v) is 11.6. The second-order valence-corrected chi connectivity index (χ2v) is 8.60. The van der Waals surface area contributed by atoms with Gasteiger partial charge in [0.1, 0.15) is 24.0 Å². The average molecular weight is 483 g/mol. The van der Waals surface area contributed by atoms with Crippen molar-refractivity contribution in [3.8, 4) is 17.1 Å². The molecule has 178 valence electrons. The van der Waals surface area contributed by atoms with Crippen LogP contribution in [0.5, 0.6) is 5.75 Å². The number of nitrogens with two attached hydrogens (primary N) is 1. The van der Waals surface area contributed by atoms with Crippen molar-refractivity contribution in [2.45, 2.75) is 27.0 Å². The summed E-state index contributed by atoms with van der Waals surface area (Å²) in [5.74, 6) is 2.07. The molecule has 0 aliphatic rings. The van der Waals surface area contributed by atoms with Crippen LogP contribution in [0.2, 0.25) is 0 Å². The molecule has 0 aliphatic heterocycles. The van der Waals surface area contributed by atoms with Crippen molar-refractivity contribution in [3.63, 3.8) is 0 Å². The zero-order valence-corrected chi connectivity index (χ0v) is 19.7. The van der Waals surface area contributed by atoms with Crippen LogP contribution in [0.25, 0.3) is 21.5 Å². The van der Waals surface area contributed by atoms with Gasteiger partial charge in [0.25, 0.3) is 5.91 Å². The molecule has 0 atom stereocenters. The first-order chi connectivity index (χ1) is 16.4. The van der Waals surface area contributed by atoms with Crippen LogP contribution in [0.3, 0.4) is 0 Å². The number of aliphatic hydroxyl groups excluding tert-OH is 2. The lowest BCUT2D eigenvalue weighted by Gasteiger charge is -2.12. The van der Waals surface area contributed by atoms with Crippen LogP contribution in [0.1, 0.15) is 27.3 Å². The molecule has 10 nitrogen and oxygen atoms in total. The lowest BCUT2D eigenvalue weighted by Crippen LogP contribution is -2.26. The fourth-order valence-electron chi connectivity index (χ4n) is 3.67. The summed E-state index contributed by atoms with van der Waals surface area (Å²) < 4.78 is 8.74. The molecule has 0 fully saturated rings. The van der Waals surface area contributed by atoms with E-state index in [-0.39, 0.29) is 32.3 Å². The summed E-state index contributed by atoms with van der Waals surface area (Å²) in [6.07, 6.45) is 1.45. The summed E-state index contributed by atoms with van der Waals surface area (Å²) in [5.41, 5.74) is 9.16. The highest BCUT2D eigenvalue weighted by molar-refractivity contribution is 7.17. The Kier molecular flexibility index (Phi) is 7.06. The SMILES string of the molecule is Cc1ccc(-c2nnc(C)n2CCO)cc1OCc1csc2c(C(=O)NCCO)cnc(N)c12. The van der Waals surface area contributed by atoms with Gasteiger partial charge < -0.3 is 30.6 Å². The van der Waals surface area contributed by atoms with Crippen LogP contribution in [0, 0.1) is 13.8 Å². The fourth-order valence-corrected chi connectivity index (χ4v) is 4.75. The van der Waals surface area contributed by atoms with E-state index in [1.807, 2.05) is 42.0 Å². The van der Waals surface area contributed by atoms with Crippen molar-refractivity contribution in [3.05, 3.63) is 52.3 Å². The largest absolute Gasteiger partial charge is 0.489 e. The van der Waals surface area contributed by atoms with E-state index in [4.69, 9.17) is 15.6 Å². The van der Waals surface area contributed by atoms with Crippen LogP contribution < -0.4 is 15.8 Å². The summed E-state index contributed by atoms with van der Waals surface area (Å²) in [5, 5.41) is 32.0. The summed E-state index contributed by atoms with van der Waals surface area (Å²) in [7, 11) is 0. The number of carbonyl (C=O) groups excluding carboxylic acids is 1. The van der Waals surface area contributed by atoms with E-state index in [2.05, 4.69) is 20.5 Å². The minimum absolute atomic E-state index is 0.0121. The summed E-state index contributed by atoms with van der Waals surface area (Å²) >= 11 is 1.40. The standard InChI is InChI=1S/C23H26N6O4S/c1-13-3-4-15(22-28-27-14(2)29(22)6-8-31)9-18(13)33-11-16-12-34-20-17(23(32)25-5-7-30)10-26-21(24)19(16)20/h3-4,9-10,12,30-31H,5-8,11H2,1-2H3,(H2,24,26)(H,25,32). The van der Waals surface area contributed by atoms with E-state index >= 15 is 0 Å². The molecule has 4 rings (SSSR count). The van der Waals surface area contributed by atoms with E-state index < -0.39 is 0 Å². The molecule has 4 aromatic rings. The molecule has 1 amide bonds. The van der Waals surface area contributed by atoms with Gasteiger partial charge in [-0.1, -0.05) is 12.1 Å². The van der Waals surface area contributed by atoms with Crippen LogP contribution >= 0.6 is 11.3 Å². The fraction of sp³-hybridized carbons (Fsp3) is 0.304. The summed E-state index contributed by atoms with van der Waals surface area (Å²) in [6, 6.07) is 5.79. The number of thiophene rings is 1. The van der Waals surface area contributed by atoms with Gasteiger partial charge in [0.15, 0.2) is 5.82 Å². The Balaban J connectivity index is 1.61. The molecule has 0 bridgehead atoms. The molecule has 0 saturated heterocycles. The Morgan fingerprint density at radius 3 is 2.82 bits per heavy atom. The maximum absolute atomic E-state index is 12.5. The molecule has 3 aromatic heterocycles. The van der Waals surface area contributed by atoms with Gasteiger partial charge in [-0.25, -0.2) is 4.98 Å². The van der Waals surface area contributed by atoms with E-state index in [1.54, 1.807) is 0 Å². The van der Waals surface area contributed by atoms with Crippen molar-refractivity contribution < 1.29 is 19.7 Å². The van der Waals surface area contributed by atoms with Crippen molar-refractivity contribution in [2.24, 2.45) is 0 Å². The number of aliphatic hydroxyl groups is 2. The predicted octanol–water partition coefficient (Wildman–Crippen LogP) is 2.05. The lowest BCUT2D eigenvalue weighted by molar-refractivity contribution is 0.0946. The maximum Gasteiger partial charge on any atom is 0.254 e. The van der Waals surface area contributed by atoms with E-state index in [0.29, 0.717) is 34.9 Å². The van der Waals surface area contributed by atoms with E-state index in [1.165, 1.54) is 17.5 Å². The number of carbonyl (C=O) groups is 1. The zero-order chi connectivity index (χ0) is 24.2. The van der Waals surface area contributed by atoms with E-state index in [9.17, 15) is 9.90 Å². The van der Waals surface area contributed by atoms with Crippen LogP contribution in [-0.4, -0.2) is 55.6 Å². The van der Waals surface area contributed by atoms with Gasteiger partial charge >= 0.3 is 0 Å². The number of hydrogen-bond donors (Lipinski definition) is 4. The Morgan fingerprint density at radius 1 is 1.24 bits per heavy atom. The summed E-state index contributed by atoms with van der Waals surface area (Å²) in [4.78, 5) is 16.6. The molecule has 34 heavy (non-hydrogen) atoms. The first kappa shape index (κ1) is 23.6. The molecule has 0 saturated carbocycles. The number of rotatable bonds is 9. The van der Waals surface area contributed by atoms with Gasteiger partial charge in [0.05, 0.1) is 23.5 Å². The summed E-state index contributed by atoms with van der Waals surface area (Å²) in [6.45, 7) is 4.44. The van der Waals surface area contributed by atoms with Crippen LogP contribution in [0.4, 0.5) is 5.82 Å². The number of pyridine rings is 1. The highest BCUT2D eigenvalue weighted by atomic mass is 32.1. The number of aryl methyl sites for hydroxylation is 2. The number of hydrogen-bond acceptors (Lipinski definition) is 9. The van der Waals surface area contributed by atoms with E-state index in [0.717, 1.165) is 27.2 Å². The number of nitrogens with zero attached hydrogens (tertiary/aromatic N) is 4. The number of nitrogens with one attached hydrogen (secondary N) is 1. The molecule has 3 heterocycles. The minimum Gasteiger partial charge on any atom is -0.489 e. The third-order valence-electron chi connectivity index (χ3n) is 5.43. The molecule has 0 unspecified atom stereocenters. The van der Waals surface area contributed by atoms with Crippen molar-refractivity contribution >= 4 is 33.1 Å². The zero-order valence-electron chi connectivity index (χ0n) is 18.9. The topological polar surface area (TPSA) is 148 Å².